The van der Waals surface area contributed by atoms with Gasteiger partial charge in [0.1, 0.15) is 5.82 Å². The SMILES string of the molecule is CN(CC(CCN1CCC(Nc2nc3ccccc3n2Cc2ccc(F)cc2)CC1)c1ccccc1)C(=O)c1ccccc1. The number of likely N-dealkylation sites (tertiary alicyclic amines) is 1. The van der Waals surface area contributed by atoms with Crippen LogP contribution in [-0.2, 0) is 6.54 Å². The summed E-state index contributed by atoms with van der Waals surface area (Å²) in [6.07, 6.45) is 3.05. The Morgan fingerprint density at radius 3 is 2.30 bits per heavy atom. The van der Waals surface area contributed by atoms with Gasteiger partial charge in [0.05, 0.1) is 17.6 Å². The van der Waals surface area contributed by atoms with Crippen LogP contribution in [-0.4, -0.2) is 64.5 Å². The van der Waals surface area contributed by atoms with Gasteiger partial charge in [-0.2, -0.15) is 0 Å². The van der Waals surface area contributed by atoms with Crippen LogP contribution in [0.2, 0.25) is 0 Å². The summed E-state index contributed by atoms with van der Waals surface area (Å²) in [5.41, 5.74) is 5.06. The summed E-state index contributed by atoms with van der Waals surface area (Å²) in [7, 11) is 1.91. The third-order valence-corrected chi connectivity index (χ3v) is 8.76. The fourth-order valence-corrected chi connectivity index (χ4v) is 6.24. The maximum absolute atomic E-state index is 13.5. The molecule has 1 N–H and O–H groups in total. The number of carbonyl (C=O) groups is 1. The molecule has 0 saturated carbocycles. The summed E-state index contributed by atoms with van der Waals surface area (Å²) in [5, 5.41) is 3.74. The number of likely N-dealkylation sites (N-methyl/N-ethyl adjacent to an activating group) is 1. The lowest BCUT2D eigenvalue weighted by Gasteiger charge is -2.34. The molecule has 0 aliphatic carbocycles. The molecule has 1 aliphatic rings. The van der Waals surface area contributed by atoms with E-state index < -0.39 is 0 Å². The molecule has 1 saturated heterocycles. The summed E-state index contributed by atoms with van der Waals surface area (Å²) < 4.78 is 15.7. The minimum atomic E-state index is -0.225. The number of carbonyl (C=O) groups excluding carboxylic acids is 1. The molecule has 44 heavy (non-hydrogen) atoms. The van der Waals surface area contributed by atoms with E-state index in [1.54, 1.807) is 0 Å². The van der Waals surface area contributed by atoms with Crippen molar-refractivity contribution in [2.45, 2.75) is 37.8 Å². The molecule has 7 heteroatoms. The Labute approximate surface area is 259 Å². The molecule has 1 unspecified atom stereocenters. The van der Waals surface area contributed by atoms with Crippen LogP contribution in [0.1, 0.15) is 46.7 Å². The summed E-state index contributed by atoms with van der Waals surface area (Å²) >= 11 is 0. The van der Waals surface area contributed by atoms with Crippen molar-refractivity contribution in [2.75, 3.05) is 38.5 Å². The normalized spacial score (nSPS) is 14.9. The first-order valence-electron chi connectivity index (χ1n) is 15.6. The predicted octanol–water partition coefficient (Wildman–Crippen LogP) is 7.05. The van der Waals surface area contributed by atoms with E-state index in [9.17, 15) is 9.18 Å². The topological polar surface area (TPSA) is 53.4 Å². The molecular weight excluding hydrogens is 549 g/mol. The van der Waals surface area contributed by atoms with Gasteiger partial charge in [0, 0.05) is 44.2 Å². The number of hydrogen-bond donors (Lipinski definition) is 1. The Balaban J connectivity index is 1.07. The smallest absolute Gasteiger partial charge is 0.253 e. The molecule has 1 atom stereocenters. The van der Waals surface area contributed by atoms with Crippen LogP contribution < -0.4 is 5.32 Å². The number of benzene rings is 4. The quantitative estimate of drug-likeness (QED) is 0.180. The number of amides is 1. The number of nitrogens with one attached hydrogen (secondary N) is 1. The molecule has 0 radical (unpaired) electrons. The van der Waals surface area contributed by atoms with Crippen LogP contribution in [0, 0.1) is 5.82 Å². The molecule has 1 fully saturated rings. The number of rotatable bonds is 11. The van der Waals surface area contributed by atoms with Crippen LogP contribution in [0.5, 0.6) is 0 Å². The number of nitrogens with zero attached hydrogens (tertiary/aromatic N) is 4. The third kappa shape index (κ3) is 7.17. The average molecular weight is 590 g/mol. The monoisotopic (exact) mass is 589 g/mol. The molecule has 2 heterocycles. The molecule has 5 aromatic rings. The van der Waals surface area contributed by atoms with Gasteiger partial charge in [0.25, 0.3) is 5.91 Å². The zero-order valence-corrected chi connectivity index (χ0v) is 25.3. The molecule has 6 nitrogen and oxygen atoms in total. The number of imidazole rings is 1. The van der Waals surface area contributed by atoms with Gasteiger partial charge in [-0.15, -0.1) is 0 Å². The Hall–Kier alpha value is -4.49. The maximum atomic E-state index is 13.5. The molecular formula is C37H40FN5O. The second kappa shape index (κ2) is 13.9. The predicted molar refractivity (Wildman–Crippen MR) is 176 cm³/mol. The first-order valence-corrected chi connectivity index (χ1v) is 15.6. The lowest BCUT2D eigenvalue weighted by molar-refractivity contribution is 0.0782. The van der Waals surface area contributed by atoms with Crippen molar-refractivity contribution in [3.8, 4) is 0 Å². The fourth-order valence-electron chi connectivity index (χ4n) is 6.24. The average Bonchev–Trinajstić information content (AvgIpc) is 3.41. The number of piperidine rings is 1. The number of aromatic nitrogens is 2. The lowest BCUT2D eigenvalue weighted by Crippen LogP contribution is -2.40. The lowest BCUT2D eigenvalue weighted by atomic mass is 9.94. The van der Waals surface area contributed by atoms with E-state index >= 15 is 0 Å². The van der Waals surface area contributed by atoms with Crippen molar-refractivity contribution in [1.29, 1.82) is 0 Å². The Bertz CT molecular complexity index is 1650. The second-order valence-electron chi connectivity index (χ2n) is 11.8. The van der Waals surface area contributed by atoms with Crippen LogP contribution in [0.25, 0.3) is 11.0 Å². The fraction of sp³-hybridized carbons (Fsp3) is 0.297. The highest BCUT2D eigenvalue weighted by atomic mass is 19.1. The third-order valence-electron chi connectivity index (χ3n) is 8.76. The number of fused-ring (bicyclic) bond motifs is 1. The van der Waals surface area contributed by atoms with E-state index in [4.69, 9.17) is 4.98 Å². The van der Waals surface area contributed by atoms with Crippen molar-refractivity contribution in [3.63, 3.8) is 0 Å². The highest BCUT2D eigenvalue weighted by Crippen LogP contribution is 2.26. The first kappa shape index (κ1) is 29.6. The Morgan fingerprint density at radius 1 is 0.909 bits per heavy atom. The summed E-state index contributed by atoms with van der Waals surface area (Å²) in [6.45, 7) is 4.32. The maximum Gasteiger partial charge on any atom is 0.253 e. The highest BCUT2D eigenvalue weighted by molar-refractivity contribution is 5.94. The van der Waals surface area contributed by atoms with Gasteiger partial charge >= 0.3 is 0 Å². The van der Waals surface area contributed by atoms with Gasteiger partial charge in [-0.1, -0.05) is 72.8 Å². The van der Waals surface area contributed by atoms with Gasteiger partial charge in [0.2, 0.25) is 5.95 Å². The van der Waals surface area contributed by atoms with Crippen molar-refractivity contribution < 1.29 is 9.18 Å². The second-order valence-corrected chi connectivity index (χ2v) is 11.8. The van der Waals surface area contributed by atoms with Crippen LogP contribution in [0.3, 0.4) is 0 Å². The highest BCUT2D eigenvalue weighted by Gasteiger charge is 2.24. The zero-order chi connectivity index (χ0) is 30.3. The van der Waals surface area contributed by atoms with Crippen LogP contribution in [0.4, 0.5) is 10.3 Å². The standard InChI is InChI=1S/C37H40FN5O/c1-41(36(44)30-12-6-3-7-13-30)27-31(29-10-4-2-5-11-29)20-23-42-24-21-33(22-25-42)39-37-40-34-14-8-9-15-35(34)43(37)26-28-16-18-32(38)19-17-28/h2-19,31,33H,20-27H2,1H3,(H,39,40). The molecule has 6 rings (SSSR count). The van der Waals surface area contributed by atoms with Crippen molar-refractivity contribution in [3.05, 3.63) is 132 Å². The minimum absolute atomic E-state index is 0.0591. The first-order chi connectivity index (χ1) is 21.5. The minimum Gasteiger partial charge on any atom is -0.353 e. The van der Waals surface area contributed by atoms with Gasteiger partial charge in [-0.3, -0.25) is 4.79 Å². The van der Waals surface area contributed by atoms with Crippen molar-refractivity contribution >= 4 is 22.9 Å². The largest absolute Gasteiger partial charge is 0.353 e. The molecule has 1 aromatic heterocycles. The summed E-state index contributed by atoms with van der Waals surface area (Å²) in [4.78, 5) is 22.4. The molecule has 4 aromatic carbocycles. The van der Waals surface area contributed by atoms with Gasteiger partial charge < -0.3 is 19.7 Å². The summed E-state index contributed by atoms with van der Waals surface area (Å²) in [5.74, 6) is 0.960. The van der Waals surface area contributed by atoms with E-state index in [1.165, 1.54) is 17.7 Å². The van der Waals surface area contributed by atoms with Gasteiger partial charge in [-0.25, -0.2) is 9.37 Å². The zero-order valence-electron chi connectivity index (χ0n) is 25.3. The molecule has 0 bridgehead atoms. The van der Waals surface area contributed by atoms with E-state index in [2.05, 4.69) is 45.1 Å². The van der Waals surface area contributed by atoms with E-state index in [1.807, 2.05) is 78.7 Å². The van der Waals surface area contributed by atoms with E-state index in [-0.39, 0.29) is 17.6 Å². The van der Waals surface area contributed by atoms with Crippen LogP contribution >= 0.6 is 0 Å². The number of halogens is 1. The molecule has 226 valence electrons. The van der Waals surface area contributed by atoms with Crippen molar-refractivity contribution in [2.24, 2.45) is 0 Å². The number of para-hydroxylation sites is 2. The Kier molecular flexibility index (Phi) is 9.32. The number of anilines is 1. The molecule has 1 aliphatic heterocycles. The number of hydrogen-bond acceptors (Lipinski definition) is 4. The Morgan fingerprint density at radius 2 is 1.57 bits per heavy atom. The molecule has 1 amide bonds. The van der Waals surface area contributed by atoms with Gasteiger partial charge in [0.15, 0.2) is 0 Å². The van der Waals surface area contributed by atoms with Gasteiger partial charge in [-0.05, 0) is 73.3 Å². The van der Waals surface area contributed by atoms with E-state index in [0.29, 0.717) is 19.1 Å². The molecule has 0 spiro atoms. The van der Waals surface area contributed by atoms with E-state index in [0.717, 1.165) is 67.0 Å². The van der Waals surface area contributed by atoms with Crippen molar-refractivity contribution in [1.82, 2.24) is 19.4 Å². The summed E-state index contributed by atoms with van der Waals surface area (Å²) in [6, 6.07) is 35.3. The van der Waals surface area contributed by atoms with Crippen LogP contribution in [0.15, 0.2) is 109 Å².